The second-order valence-electron chi connectivity index (χ2n) is 3.58. The maximum absolute atomic E-state index is 11.0. The van der Waals surface area contributed by atoms with Gasteiger partial charge in [-0.25, -0.2) is 4.79 Å². The van der Waals surface area contributed by atoms with Crippen molar-refractivity contribution in [1.29, 1.82) is 0 Å². The molecule has 0 aliphatic heterocycles. The monoisotopic (exact) mass is 262 g/mol. The highest BCUT2D eigenvalue weighted by molar-refractivity contribution is 7.12. The quantitative estimate of drug-likeness (QED) is 0.860. The molecule has 5 heteroatoms. The summed E-state index contributed by atoms with van der Waals surface area (Å²) in [6.45, 7) is 0. The molecule has 1 aromatic heterocycles. The number of thiophene rings is 1. The van der Waals surface area contributed by atoms with Crippen LogP contribution in [0.3, 0.4) is 0 Å². The second kappa shape index (κ2) is 5.01. The Morgan fingerprint density at radius 1 is 1.33 bits per heavy atom. The van der Waals surface area contributed by atoms with Gasteiger partial charge in [0.1, 0.15) is 11.3 Å². The fraction of sp³-hybridized carbons (Fsp3) is 0.0769. The summed E-state index contributed by atoms with van der Waals surface area (Å²) < 4.78 is 5.05. The van der Waals surface area contributed by atoms with Gasteiger partial charge in [-0.05, 0) is 34.7 Å². The first-order chi connectivity index (χ1) is 8.65. The topological polar surface area (TPSA) is 63.6 Å². The number of aldehydes is 1. The van der Waals surface area contributed by atoms with Crippen molar-refractivity contribution in [3.05, 3.63) is 40.1 Å². The molecule has 0 radical (unpaired) electrons. The van der Waals surface area contributed by atoms with E-state index in [1.165, 1.54) is 24.5 Å². The summed E-state index contributed by atoms with van der Waals surface area (Å²) in [5, 5.41) is 10.8. The van der Waals surface area contributed by atoms with Crippen LogP contribution < -0.4 is 4.74 Å². The predicted octanol–water partition coefficient (Wildman–Crippen LogP) is 2.93. The van der Waals surface area contributed by atoms with Crippen LogP contribution in [-0.4, -0.2) is 24.5 Å². The van der Waals surface area contributed by atoms with Crippen LogP contribution in [0.4, 0.5) is 0 Å². The fourth-order valence-electron chi connectivity index (χ4n) is 1.61. The first kappa shape index (κ1) is 12.3. The molecule has 2 rings (SSSR count). The lowest BCUT2D eigenvalue weighted by atomic mass is 10.1. The Balaban J connectivity index is 2.46. The van der Waals surface area contributed by atoms with Crippen molar-refractivity contribution >= 4 is 23.6 Å². The van der Waals surface area contributed by atoms with Crippen molar-refractivity contribution in [3.8, 4) is 16.9 Å². The molecule has 92 valence electrons. The summed E-state index contributed by atoms with van der Waals surface area (Å²) in [7, 11) is 1.43. The van der Waals surface area contributed by atoms with Crippen LogP contribution in [0.2, 0.25) is 0 Å². The highest BCUT2D eigenvalue weighted by Gasteiger charge is 2.12. The van der Waals surface area contributed by atoms with Crippen LogP contribution in [0.5, 0.6) is 5.75 Å². The zero-order chi connectivity index (χ0) is 13.1. The summed E-state index contributed by atoms with van der Waals surface area (Å²) in [6, 6.07) is 6.60. The largest absolute Gasteiger partial charge is 0.496 e. The van der Waals surface area contributed by atoms with Gasteiger partial charge in [0.05, 0.1) is 12.0 Å². The third-order valence-electron chi connectivity index (χ3n) is 2.50. The SMILES string of the molecule is COc1cc(-c2csc(C=O)c2)ccc1C(=O)O. The molecule has 2 aromatic rings. The van der Waals surface area contributed by atoms with E-state index >= 15 is 0 Å². The Morgan fingerprint density at radius 2 is 2.11 bits per heavy atom. The van der Waals surface area contributed by atoms with E-state index < -0.39 is 5.97 Å². The van der Waals surface area contributed by atoms with Gasteiger partial charge in [-0.2, -0.15) is 0 Å². The molecule has 0 bridgehead atoms. The molecular weight excluding hydrogens is 252 g/mol. The number of hydrogen-bond acceptors (Lipinski definition) is 4. The van der Waals surface area contributed by atoms with E-state index in [9.17, 15) is 9.59 Å². The first-order valence-corrected chi connectivity index (χ1v) is 5.99. The number of methoxy groups -OCH3 is 1. The minimum absolute atomic E-state index is 0.118. The molecule has 0 aliphatic rings. The van der Waals surface area contributed by atoms with E-state index in [0.29, 0.717) is 10.6 Å². The van der Waals surface area contributed by atoms with E-state index in [0.717, 1.165) is 17.4 Å². The van der Waals surface area contributed by atoms with Crippen LogP contribution in [0.1, 0.15) is 20.0 Å². The van der Waals surface area contributed by atoms with E-state index in [-0.39, 0.29) is 5.56 Å². The molecule has 0 spiro atoms. The zero-order valence-electron chi connectivity index (χ0n) is 9.54. The van der Waals surface area contributed by atoms with Crippen molar-refractivity contribution in [2.45, 2.75) is 0 Å². The minimum Gasteiger partial charge on any atom is -0.496 e. The van der Waals surface area contributed by atoms with Crippen LogP contribution >= 0.6 is 11.3 Å². The van der Waals surface area contributed by atoms with Crippen molar-refractivity contribution in [2.75, 3.05) is 7.11 Å². The van der Waals surface area contributed by atoms with Crippen molar-refractivity contribution < 1.29 is 19.4 Å². The molecule has 18 heavy (non-hydrogen) atoms. The summed E-state index contributed by atoms with van der Waals surface area (Å²) in [6.07, 6.45) is 0.789. The summed E-state index contributed by atoms with van der Waals surface area (Å²) in [4.78, 5) is 22.2. The van der Waals surface area contributed by atoms with Gasteiger partial charge in [0, 0.05) is 0 Å². The third kappa shape index (κ3) is 2.26. The number of rotatable bonds is 4. The third-order valence-corrected chi connectivity index (χ3v) is 3.36. The van der Waals surface area contributed by atoms with E-state index in [2.05, 4.69) is 0 Å². The summed E-state index contributed by atoms with van der Waals surface area (Å²) in [5.41, 5.74) is 1.81. The average molecular weight is 262 g/mol. The molecule has 1 aromatic carbocycles. The molecule has 4 nitrogen and oxygen atoms in total. The normalized spacial score (nSPS) is 10.1. The number of carboxylic acids is 1. The molecule has 0 fully saturated rings. The summed E-state index contributed by atoms with van der Waals surface area (Å²) >= 11 is 1.34. The van der Waals surface area contributed by atoms with Crippen molar-refractivity contribution in [2.24, 2.45) is 0 Å². The molecule has 0 saturated heterocycles. The number of carboxylic acid groups (broad SMARTS) is 1. The standard InChI is InChI=1S/C13H10O4S/c1-17-12-5-8(2-3-11(12)13(15)16)9-4-10(6-14)18-7-9/h2-7H,1H3,(H,15,16). The Labute approximate surface area is 107 Å². The molecule has 0 atom stereocenters. The molecule has 0 unspecified atom stereocenters. The number of hydrogen-bond donors (Lipinski definition) is 1. The van der Waals surface area contributed by atoms with Gasteiger partial charge in [-0.3, -0.25) is 4.79 Å². The number of benzene rings is 1. The van der Waals surface area contributed by atoms with Gasteiger partial charge in [0.25, 0.3) is 0 Å². The fourth-order valence-corrected chi connectivity index (χ4v) is 2.33. The smallest absolute Gasteiger partial charge is 0.339 e. The van der Waals surface area contributed by atoms with Crippen molar-refractivity contribution in [1.82, 2.24) is 0 Å². The Kier molecular flexibility index (Phi) is 3.43. The van der Waals surface area contributed by atoms with Crippen LogP contribution in [0.15, 0.2) is 29.6 Å². The predicted molar refractivity (Wildman–Crippen MR) is 68.7 cm³/mol. The molecule has 0 aliphatic carbocycles. The van der Waals surface area contributed by atoms with Crippen molar-refractivity contribution in [3.63, 3.8) is 0 Å². The first-order valence-electron chi connectivity index (χ1n) is 5.11. The van der Waals surface area contributed by atoms with Gasteiger partial charge in [-0.15, -0.1) is 11.3 Å². The molecule has 0 saturated carbocycles. The maximum Gasteiger partial charge on any atom is 0.339 e. The average Bonchev–Trinajstić information content (AvgIpc) is 2.86. The van der Waals surface area contributed by atoms with Gasteiger partial charge < -0.3 is 9.84 Å². The van der Waals surface area contributed by atoms with E-state index in [1.54, 1.807) is 18.2 Å². The Morgan fingerprint density at radius 3 is 2.67 bits per heavy atom. The zero-order valence-corrected chi connectivity index (χ0v) is 10.4. The summed E-state index contributed by atoms with van der Waals surface area (Å²) in [5.74, 6) is -0.726. The van der Waals surface area contributed by atoms with E-state index in [4.69, 9.17) is 9.84 Å². The van der Waals surface area contributed by atoms with Gasteiger partial charge in [0.15, 0.2) is 6.29 Å². The maximum atomic E-state index is 11.0. The lowest BCUT2D eigenvalue weighted by molar-refractivity contribution is 0.0693. The van der Waals surface area contributed by atoms with E-state index in [1.807, 2.05) is 5.38 Å². The molecule has 1 heterocycles. The van der Waals surface area contributed by atoms with Gasteiger partial charge >= 0.3 is 5.97 Å². The Bertz CT molecular complexity index is 601. The second-order valence-corrected chi connectivity index (χ2v) is 4.52. The van der Waals surface area contributed by atoms with Crippen LogP contribution in [-0.2, 0) is 0 Å². The lowest BCUT2D eigenvalue weighted by Crippen LogP contribution is -2.00. The highest BCUT2D eigenvalue weighted by Crippen LogP contribution is 2.29. The lowest BCUT2D eigenvalue weighted by Gasteiger charge is -2.06. The number of ether oxygens (including phenoxy) is 1. The molecular formula is C13H10O4S. The number of aromatic carboxylic acids is 1. The Hall–Kier alpha value is -2.14. The number of carbonyl (C=O) groups is 2. The van der Waals surface area contributed by atoms with Gasteiger partial charge in [-0.1, -0.05) is 6.07 Å². The minimum atomic E-state index is -1.03. The van der Waals surface area contributed by atoms with Crippen LogP contribution in [0, 0.1) is 0 Å². The highest BCUT2D eigenvalue weighted by atomic mass is 32.1. The molecule has 1 N–H and O–H groups in total. The molecule has 0 amide bonds. The number of carbonyl (C=O) groups excluding carboxylic acids is 1. The van der Waals surface area contributed by atoms with Gasteiger partial charge in [0.2, 0.25) is 0 Å². The van der Waals surface area contributed by atoms with Crippen LogP contribution in [0.25, 0.3) is 11.1 Å².